The highest BCUT2D eigenvalue weighted by molar-refractivity contribution is 7.89. The van der Waals surface area contributed by atoms with E-state index in [2.05, 4.69) is 0 Å². The third-order valence-corrected chi connectivity index (χ3v) is 5.37. The summed E-state index contributed by atoms with van der Waals surface area (Å²) in [7, 11) is -3.69. The topological polar surface area (TPSA) is 76.7 Å². The van der Waals surface area contributed by atoms with E-state index in [-0.39, 0.29) is 76.5 Å². The Labute approximate surface area is 203 Å². The largest absolute Gasteiger partial charge is 1.00 e. The van der Waals surface area contributed by atoms with E-state index in [1.54, 1.807) is 62.9 Å². The SMILES string of the molecule is CC[n+]1cn(S(=O)(=O)c2ccccc2)[n+](C[n+]2ccccc2N)c1.[Br-].[I-].[I-]. The molecule has 27 heavy (non-hydrogen) atoms. The first-order chi connectivity index (χ1) is 11.5. The first kappa shape index (κ1) is 26.2. The molecule has 0 unspecified atom stereocenters. The van der Waals surface area contributed by atoms with Gasteiger partial charge in [-0.25, -0.2) is 0 Å². The Hall–Kier alpha value is -0.800. The Balaban J connectivity index is 0.00000225. The number of benzene rings is 1. The Bertz CT molecular complexity index is 968. The molecule has 148 valence electrons. The third kappa shape index (κ3) is 5.84. The normalized spacial score (nSPS) is 10.3. The maximum Gasteiger partial charge on any atom is 0.398 e. The molecule has 2 aromatic heterocycles. The molecule has 0 fully saturated rings. The van der Waals surface area contributed by atoms with Crippen molar-refractivity contribution in [3.05, 3.63) is 67.4 Å². The van der Waals surface area contributed by atoms with Crippen LogP contribution >= 0.6 is 0 Å². The van der Waals surface area contributed by atoms with Crippen LogP contribution in [0.5, 0.6) is 0 Å². The van der Waals surface area contributed by atoms with Crippen molar-refractivity contribution in [1.82, 2.24) is 4.09 Å². The molecule has 0 saturated heterocycles. The highest BCUT2D eigenvalue weighted by Crippen LogP contribution is 2.10. The zero-order chi connectivity index (χ0) is 17.2. The second kappa shape index (κ2) is 11.3. The minimum absolute atomic E-state index is 0. The maximum atomic E-state index is 12.9. The van der Waals surface area contributed by atoms with Crippen LogP contribution in [0.1, 0.15) is 6.92 Å². The lowest BCUT2D eigenvalue weighted by atomic mass is 10.4. The minimum atomic E-state index is -3.69. The van der Waals surface area contributed by atoms with Gasteiger partial charge in [-0.15, -0.1) is 0 Å². The van der Waals surface area contributed by atoms with E-state index in [1.165, 1.54) is 4.09 Å². The molecule has 0 aliphatic heterocycles. The fourth-order valence-electron chi connectivity index (χ4n) is 2.38. The summed E-state index contributed by atoms with van der Waals surface area (Å²) >= 11 is 0. The Morgan fingerprint density at radius 2 is 1.67 bits per heavy atom. The lowest BCUT2D eigenvalue weighted by Gasteiger charge is -1.99. The Morgan fingerprint density at radius 3 is 2.26 bits per heavy atom. The van der Waals surface area contributed by atoms with Crippen LogP contribution < -0.4 is 84.5 Å². The first-order valence-electron chi connectivity index (χ1n) is 7.58. The second-order valence-electron chi connectivity index (χ2n) is 5.33. The summed E-state index contributed by atoms with van der Waals surface area (Å²) in [5.74, 6) is 0.554. The van der Waals surface area contributed by atoms with Crippen LogP contribution in [0.3, 0.4) is 0 Å². The number of aromatic nitrogens is 4. The van der Waals surface area contributed by atoms with Crippen molar-refractivity contribution >= 4 is 15.8 Å². The van der Waals surface area contributed by atoms with Gasteiger partial charge in [0.2, 0.25) is 0 Å². The number of nitrogens with zero attached hydrogens (tertiary/aromatic N) is 4. The number of aryl methyl sites for hydroxylation is 1. The molecule has 2 heterocycles. The van der Waals surface area contributed by atoms with Gasteiger partial charge in [-0.3, -0.25) is 5.73 Å². The van der Waals surface area contributed by atoms with Gasteiger partial charge >= 0.3 is 22.7 Å². The number of nitrogen functional groups attached to an aromatic ring is 1. The fourth-order valence-corrected chi connectivity index (χ4v) is 3.71. The smallest absolute Gasteiger partial charge is 0.398 e. The van der Waals surface area contributed by atoms with Crippen molar-refractivity contribution in [2.75, 3.05) is 5.73 Å². The molecule has 7 nitrogen and oxygen atoms in total. The van der Waals surface area contributed by atoms with Crippen molar-refractivity contribution in [3.63, 3.8) is 0 Å². The molecule has 0 saturated carbocycles. The number of halogens is 3. The van der Waals surface area contributed by atoms with E-state index >= 15 is 0 Å². The number of nitrogens with two attached hydrogens (primary N) is 1. The monoisotopic (exact) mass is 679 g/mol. The van der Waals surface area contributed by atoms with Crippen molar-refractivity contribution < 1.29 is 87.2 Å². The Kier molecular flexibility index (Phi) is 10.9. The van der Waals surface area contributed by atoms with Crippen molar-refractivity contribution in [1.29, 1.82) is 0 Å². The highest BCUT2D eigenvalue weighted by atomic mass is 127. The summed E-state index contributed by atoms with van der Waals surface area (Å²) in [6, 6.07) is 13.8. The number of hydrogen-bond donors (Lipinski definition) is 1. The molecule has 3 aromatic rings. The predicted octanol–water partition coefficient (Wildman–Crippen LogP) is -9.29. The van der Waals surface area contributed by atoms with Gasteiger partial charge < -0.3 is 64.9 Å². The Morgan fingerprint density at radius 1 is 1.04 bits per heavy atom. The van der Waals surface area contributed by atoms with Gasteiger partial charge in [-0.05, 0) is 25.1 Å². The average molecular weight is 680 g/mol. The molecule has 0 atom stereocenters. The summed E-state index contributed by atoms with van der Waals surface area (Å²) in [5.41, 5.74) is 5.96. The van der Waals surface area contributed by atoms with Gasteiger partial charge in [-0.1, -0.05) is 24.3 Å². The molecule has 3 rings (SSSR count). The van der Waals surface area contributed by atoms with Gasteiger partial charge in [0.1, 0.15) is 11.4 Å². The summed E-state index contributed by atoms with van der Waals surface area (Å²) in [6.07, 6.45) is 5.13. The van der Waals surface area contributed by atoms with Crippen LogP contribution in [0.25, 0.3) is 0 Å². The zero-order valence-electron chi connectivity index (χ0n) is 14.5. The molecule has 0 amide bonds. The quantitative estimate of drug-likeness (QED) is 0.215. The van der Waals surface area contributed by atoms with Gasteiger partial charge in [0.15, 0.2) is 0 Å². The number of rotatable bonds is 5. The fraction of sp³-hybridized carbons (Fsp3) is 0.188. The van der Waals surface area contributed by atoms with Gasteiger partial charge in [0.25, 0.3) is 12.5 Å². The molecular weight excluding hydrogens is 660 g/mol. The van der Waals surface area contributed by atoms with E-state index in [4.69, 9.17) is 5.73 Å². The zero-order valence-corrected chi connectivity index (χ0v) is 21.2. The average Bonchev–Trinajstić information content (AvgIpc) is 3.02. The molecule has 11 heteroatoms. The summed E-state index contributed by atoms with van der Waals surface area (Å²) in [5, 5.41) is 0. The van der Waals surface area contributed by atoms with Crippen LogP contribution in [0.2, 0.25) is 0 Å². The molecule has 0 bridgehead atoms. The standard InChI is InChI=1S/C16H19N5O2S.BrH.2HI/c1-2-18-12-20(14-19-11-7-6-10-16(19)17)21(13-18)24(22,23)15-8-4-3-5-9-15;;;/h3-13,17H,2,14H2,1H3;3*1H/q+2;;;/p-2. The lowest BCUT2D eigenvalue weighted by Crippen LogP contribution is -3.00. The first-order valence-corrected chi connectivity index (χ1v) is 9.02. The molecule has 0 aliphatic rings. The van der Waals surface area contributed by atoms with Gasteiger partial charge in [-0.2, -0.15) is 17.6 Å². The maximum absolute atomic E-state index is 12.9. The molecule has 2 N–H and O–H groups in total. The number of anilines is 1. The van der Waals surface area contributed by atoms with Crippen LogP contribution in [-0.2, 0) is 23.2 Å². The molecule has 0 aliphatic carbocycles. The predicted molar refractivity (Wildman–Crippen MR) is 86.0 cm³/mol. The number of pyridine rings is 1. The van der Waals surface area contributed by atoms with E-state index in [9.17, 15) is 8.42 Å². The summed E-state index contributed by atoms with van der Waals surface area (Å²) < 4.78 is 32.3. The van der Waals surface area contributed by atoms with E-state index in [0.717, 1.165) is 0 Å². The second-order valence-corrected chi connectivity index (χ2v) is 7.12. The van der Waals surface area contributed by atoms with Crippen LogP contribution in [0.15, 0.2) is 72.3 Å². The summed E-state index contributed by atoms with van der Waals surface area (Å²) in [4.78, 5) is 0.239. The van der Waals surface area contributed by atoms with Gasteiger partial charge in [0, 0.05) is 10.7 Å². The molecule has 0 spiro atoms. The third-order valence-electron chi connectivity index (χ3n) is 3.71. The minimum Gasteiger partial charge on any atom is -1.00 e. The van der Waals surface area contributed by atoms with Crippen LogP contribution in [0, 0.1) is 0 Å². The summed E-state index contributed by atoms with van der Waals surface area (Å²) in [6.45, 7) is 2.89. The molecule has 0 radical (unpaired) electrons. The highest BCUT2D eigenvalue weighted by Gasteiger charge is 2.35. The van der Waals surface area contributed by atoms with Crippen molar-refractivity contribution in [3.8, 4) is 0 Å². The van der Waals surface area contributed by atoms with E-state index in [1.807, 2.05) is 25.3 Å². The number of hydrogen-bond acceptors (Lipinski definition) is 3. The lowest BCUT2D eigenvalue weighted by molar-refractivity contribution is -0.953. The van der Waals surface area contributed by atoms with Crippen molar-refractivity contribution in [2.24, 2.45) is 0 Å². The van der Waals surface area contributed by atoms with Crippen LogP contribution in [-0.4, -0.2) is 12.5 Å². The molecular formula is C16H20BrI2N5O2S. The van der Waals surface area contributed by atoms with Crippen molar-refractivity contribution in [2.45, 2.75) is 25.0 Å². The van der Waals surface area contributed by atoms with E-state index < -0.39 is 10.0 Å². The van der Waals surface area contributed by atoms with Gasteiger partial charge in [0.05, 0.1) is 10.3 Å². The van der Waals surface area contributed by atoms with Crippen LogP contribution in [0.4, 0.5) is 5.82 Å². The van der Waals surface area contributed by atoms with E-state index in [0.29, 0.717) is 12.4 Å². The molecule has 1 aromatic carbocycles.